The van der Waals surface area contributed by atoms with Gasteiger partial charge in [-0.05, 0) is 17.7 Å². The lowest BCUT2D eigenvalue weighted by Crippen LogP contribution is -2.42. The first kappa shape index (κ1) is 15.4. The normalized spacial score (nSPS) is 21.0. The zero-order chi connectivity index (χ0) is 15.5. The van der Waals surface area contributed by atoms with Crippen LogP contribution in [0.1, 0.15) is 23.5 Å². The second kappa shape index (κ2) is 6.70. The van der Waals surface area contributed by atoms with Crippen molar-refractivity contribution in [3.8, 4) is 0 Å². The number of aliphatic hydroxyl groups excluding tert-OH is 1. The number of halogens is 2. The van der Waals surface area contributed by atoms with E-state index in [1.807, 2.05) is 4.90 Å². The Bertz CT molecular complexity index is 625. The van der Waals surface area contributed by atoms with Crippen molar-refractivity contribution in [2.45, 2.75) is 12.1 Å². The smallest absolute Gasteiger partial charge is 0.143 e. The maximum Gasteiger partial charge on any atom is 0.143 e. The number of benzene rings is 1. The molecule has 0 radical (unpaired) electrons. The Balaban J connectivity index is 1.73. The van der Waals surface area contributed by atoms with Crippen molar-refractivity contribution in [1.29, 1.82) is 0 Å². The second-order valence-electron chi connectivity index (χ2n) is 5.15. The molecule has 0 bridgehead atoms. The number of rotatable bonds is 4. The molecule has 2 N–H and O–H groups in total. The quantitative estimate of drug-likeness (QED) is 0.894. The molecule has 0 amide bonds. The lowest BCUT2D eigenvalue weighted by molar-refractivity contribution is -0.0307. The van der Waals surface area contributed by atoms with E-state index in [4.69, 9.17) is 16.3 Å². The fraction of sp³-hybridized carbons (Fsp3) is 0.429. The molecule has 1 fully saturated rings. The average molecular weight is 327 g/mol. The third-order valence-corrected chi connectivity index (χ3v) is 4.03. The summed E-state index contributed by atoms with van der Waals surface area (Å²) < 4.78 is 19.0. The molecule has 2 aromatic rings. The minimum Gasteiger partial charge on any atom is -0.387 e. The number of nitrogens with zero attached hydrogens (tertiary/aromatic N) is 3. The predicted octanol–water partition coefficient (Wildman–Crippen LogP) is 1.70. The molecule has 0 saturated carbocycles. The van der Waals surface area contributed by atoms with E-state index in [2.05, 4.69) is 15.2 Å². The molecule has 1 aliphatic rings. The van der Waals surface area contributed by atoms with Crippen LogP contribution in [0.3, 0.4) is 0 Å². The van der Waals surface area contributed by atoms with Crippen molar-refractivity contribution < 1.29 is 14.2 Å². The SMILES string of the molecule is OC(CN1CCOCC1c1ncn[nH]1)c1ccc(Cl)c(F)c1. The van der Waals surface area contributed by atoms with Crippen molar-refractivity contribution in [3.05, 3.63) is 46.8 Å². The number of hydrogen-bond donors (Lipinski definition) is 2. The maximum absolute atomic E-state index is 13.5. The van der Waals surface area contributed by atoms with Crippen LogP contribution in [0.15, 0.2) is 24.5 Å². The summed E-state index contributed by atoms with van der Waals surface area (Å²) in [7, 11) is 0. The molecule has 3 rings (SSSR count). The highest BCUT2D eigenvalue weighted by Gasteiger charge is 2.28. The number of nitrogens with one attached hydrogen (secondary N) is 1. The van der Waals surface area contributed by atoms with Crippen molar-refractivity contribution >= 4 is 11.6 Å². The molecule has 2 heterocycles. The molecule has 0 spiro atoms. The van der Waals surface area contributed by atoms with Gasteiger partial charge in [-0.2, -0.15) is 5.10 Å². The number of morpholine rings is 1. The molecule has 6 nitrogen and oxygen atoms in total. The van der Waals surface area contributed by atoms with E-state index in [9.17, 15) is 9.50 Å². The summed E-state index contributed by atoms with van der Waals surface area (Å²) in [6.45, 7) is 2.04. The Morgan fingerprint density at radius 3 is 3.14 bits per heavy atom. The number of hydrogen-bond acceptors (Lipinski definition) is 5. The number of aromatic amines is 1. The van der Waals surface area contributed by atoms with Gasteiger partial charge in [-0.15, -0.1) is 0 Å². The van der Waals surface area contributed by atoms with Crippen LogP contribution < -0.4 is 0 Å². The summed E-state index contributed by atoms with van der Waals surface area (Å²) in [5.74, 6) is 0.154. The van der Waals surface area contributed by atoms with Crippen LogP contribution in [0.5, 0.6) is 0 Å². The van der Waals surface area contributed by atoms with Crippen LogP contribution in [0.4, 0.5) is 4.39 Å². The Morgan fingerprint density at radius 2 is 2.41 bits per heavy atom. The summed E-state index contributed by atoms with van der Waals surface area (Å²) in [5.41, 5.74) is 0.490. The van der Waals surface area contributed by atoms with Gasteiger partial charge in [0.15, 0.2) is 0 Å². The molecule has 22 heavy (non-hydrogen) atoms. The van der Waals surface area contributed by atoms with Gasteiger partial charge in [-0.1, -0.05) is 17.7 Å². The third-order valence-electron chi connectivity index (χ3n) is 3.72. The number of ether oxygens (including phenoxy) is 1. The van der Waals surface area contributed by atoms with Crippen molar-refractivity contribution in [2.24, 2.45) is 0 Å². The van der Waals surface area contributed by atoms with Crippen LogP contribution in [0, 0.1) is 5.82 Å². The first-order chi connectivity index (χ1) is 10.6. The fourth-order valence-corrected chi connectivity index (χ4v) is 2.65. The third kappa shape index (κ3) is 3.27. The van der Waals surface area contributed by atoms with Crippen LogP contribution in [-0.4, -0.2) is 51.5 Å². The van der Waals surface area contributed by atoms with Crippen LogP contribution in [-0.2, 0) is 4.74 Å². The lowest BCUT2D eigenvalue weighted by atomic mass is 10.1. The summed E-state index contributed by atoms with van der Waals surface area (Å²) in [5, 5.41) is 17.1. The molecule has 118 valence electrons. The number of β-amino-alcohol motifs (C(OH)–C–C–N with tert-alkyl or cyclic N) is 1. The molecule has 0 aliphatic carbocycles. The molecular weight excluding hydrogens is 311 g/mol. The molecule has 2 unspecified atom stereocenters. The maximum atomic E-state index is 13.5. The van der Waals surface area contributed by atoms with E-state index in [-0.39, 0.29) is 11.1 Å². The first-order valence-electron chi connectivity index (χ1n) is 6.95. The molecule has 2 atom stereocenters. The Morgan fingerprint density at radius 1 is 1.55 bits per heavy atom. The number of aromatic nitrogens is 3. The van der Waals surface area contributed by atoms with Gasteiger partial charge in [0, 0.05) is 13.1 Å². The molecule has 1 aliphatic heterocycles. The van der Waals surface area contributed by atoms with Gasteiger partial charge in [0.05, 0.1) is 30.4 Å². The summed E-state index contributed by atoms with van der Waals surface area (Å²) >= 11 is 5.67. The lowest BCUT2D eigenvalue weighted by Gasteiger charge is -2.35. The van der Waals surface area contributed by atoms with E-state index in [0.29, 0.717) is 37.7 Å². The van der Waals surface area contributed by atoms with Gasteiger partial charge in [0.25, 0.3) is 0 Å². The monoisotopic (exact) mass is 326 g/mol. The molecule has 1 aromatic carbocycles. The highest BCUT2D eigenvalue weighted by atomic mass is 35.5. The highest BCUT2D eigenvalue weighted by Crippen LogP contribution is 2.26. The Labute approximate surface area is 131 Å². The molecule has 1 aromatic heterocycles. The van der Waals surface area contributed by atoms with Crippen molar-refractivity contribution in [1.82, 2.24) is 20.1 Å². The van der Waals surface area contributed by atoms with Crippen molar-refractivity contribution in [2.75, 3.05) is 26.3 Å². The highest BCUT2D eigenvalue weighted by molar-refractivity contribution is 6.30. The average Bonchev–Trinajstić information content (AvgIpc) is 3.04. The minimum atomic E-state index is -0.824. The fourth-order valence-electron chi connectivity index (χ4n) is 2.53. The minimum absolute atomic E-state index is 0.0434. The van der Waals surface area contributed by atoms with Gasteiger partial charge in [-0.25, -0.2) is 9.37 Å². The Hall–Kier alpha value is -1.54. The van der Waals surface area contributed by atoms with Gasteiger partial charge >= 0.3 is 0 Å². The second-order valence-corrected chi connectivity index (χ2v) is 5.55. The molecule has 8 heteroatoms. The summed E-state index contributed by atoms with van der Waals surface area (Å²) in [6.07, 6.45) is 0.614. The van der Waals surface area contributed by atoms with Gasteiger partial charge in [0.2, 0.25) is 0 Å². The van der Waals surface area contributed by atoms with Gasteiger partial charge < -0.3 is 9.84 Å². The largest absolute Gasteiger partial charge is 0.387 e. The first-order valence-corrected chi connectivity index (χ1v) is 7.33. The topological polar surface area (TPSA) is 74.3 Å². The zero-order valence-corrected chi connectivity index (χ0v) is 12.5. The van der Waals surface area contributed by atoms with E-state index in [1.165, 1.54) is 18.5 Å². The molecule has 1 saturated heterocycles. The summed E-state index contributed by atoms with van der Waals surface area (Å²) in [6, 6.07) is 4.22. The van der Waals surface area contributed by atoms with Gasteiger partial charge in [0.1, 0.15) is 18.0 Å². The summed E-state index contributed by atoms with van der Waals surface area (Å²) in [4.78, 5) is 6.19. The molecular formula is C14H16ClFN4O2. The van der Waals surface area contributed by atoms with Crippen LogP contribution >= 0.6 is 11.6 Å². The van der Waals surface area contributed by atoms with Crippen LogP contribution in [0.25, 0.3) is 0 Å². The van der Waals surface area contributed by atoms with Crippen molar-refractivity contribution in [3.63, 3.8) is 0 Å². The number of H-pyrrole nitrogens is 1. The Kier molecular flexibility index (Phi) is 4.68. The van der Waals surface area contributed by atoms with E-state index < -0.39 is 11.9 Å². The zero-order valence-electron chi connectivity index (χ0n) is 11.7. The number of aliphatic hydroxyl groups is 1. The van der Waals surface area contributed by atoms with E-state index in [1.54, 1.807) is 6.07 Å². The predicted molar refractivity (Wildman–Crippen MR) is 77.9 cm³/mol. The van der Waals surface area contributed by atoms with E-state index >= 15 is 0 Å². The van der Waals surface area contributed by atoms with Crippen LogP contribution in [0.2, 0.25) is 5.02 Å². The van der Waals surface area contributed by atoms with E-state index in [0.717, 1.165) is 0 Å². The standard InChI is InChI=1S/C14H16ClFN4O2/c15-10-2-1-9(5-11(10)16)13(21)6-20-3-4-22-7-12(20)14-17-8-18-19-14/h1-2,5,8,12-13,21H,3-4,6-7H2,(H,17,18,19). The van der Waals surface area contributed by atoms with Gasteiger partial charge in [-0.3, -0.25) is 10.00 Å².